The van der Waals surface area contributed by atoms with Crippen LogP contribution in [0.4, 0.5) is 4.39 Å². The Labute approximate surface area is 223 Å². The average Bonchev–Trinajstić information content (AvgIpc) is 2.89. The van der Waals surface area contributed by atoms with Crippen LogP contribution in [0.5, 0.6) is 5.75 Å². The Morgan fingerprint density at radius 3 is 2.43 bits per heavy atom. The van der Waals surface area contributed by atoms with E-state index in [9.17, 15) is 14.0 Å². The SMILES string of the molecule is COC(=O)[C@H](Cc1ccc(-c2cc(C)c(F)cc2OC)c2cccnc12)NC(=O)c1c(Cl)cccc1Cl. The number of aryl methyl sites for hydroxylation is 1. The lowest BCUT2D eigenvalue weighted by Gasteiger charge is -2.19. The molecule has 9 heteroatoms. The predicted molar refractivity (Wildman–Crippen MR) is 142 cm³/mol. The first kappa shape index (κ1) is 26.4. The van der Waals surface area contributed by atoms with Gasteiger partial charge in [-0.05, 0) is 47.9 Å². The largest absolute Gasteiger partial charge is 0.496 e. The van der Waals surface area contributed by atoms with Gasteiger partial charge in [0.25, 0.3) is 5.91 Å². The quantitative estimate of drug-likeness (QED) is 0.283. The molecular formula is C28H23Cl2FN2O4. The number of benzene rings is 3. The van der Waals surface area contributed by atoms with Gasteiger partial charge in [0.05, 0.1) is 35.3 Å². The van der Waals surface area contributed by atoms with Crippen molar-refractivity contribution in [1.29, 1.82) is 0 Å². The minimum atomic E-state index is -1.04. The number of hydrogen-bond acceptors (Lipinski definition) is 5. The van der Waals surface area contributed by atoms with Gasteiger partial charge in [0.2, 0.25) is 0 Å². The second-order valence-corrected chi connectivity index (χ2v) is 9.14. The Morgan fingerprint density at radius 1 is 1.03 bits per heavy atom. The minimum absolute atomic E-state index is 0.0665. The van der Waals surface area contributed by atoms with E-state index < -0.39 is 17.9 Å². The maximum absolute atomic E-state index is 14.2. The first-order chi connectivity index (χ1) is 17.7. The summed E-state index contributed by atoms with van der Waals surface area (Å²) in [5, 5.41) is 3.78. The Morgan fingerprint density at radius 2 is 1.76 bits per heavy atom. The third kappa shape index (κ3) is 5.38. The zero-order valence-electron chi connectivity index (χ0n) is 20.3. The molecule has 1 N–H and O–H groups in total. The van der Waals surface area contributed by atoms with E-state index in [2.05, 4.69) is 10.3 Å². The number of nitrogens with zero attached hydrogens (tertiary/aromatic N) is 1. The van der Waals surface area contributed by atoms with Gasteiger partial charge >= 0.3 is 5.97 Å². The van der Waals surface area contributed by atoms with Crippen LogP contribution in [0.15, 0.2) is 60.8 Å². The van der Waals surface area contributed by atoms with Gasteiger partial charge in [0.1, 0.15) is 17.6 Å². The van der Waals surface area contributed by atoms with Crippen LogP contribution in [0.2, 0.25) is 10.0 Å². The van der Waals surface area contributed by atoms with Crippen LogP contribution in [0, 0.1) is 12.7 Å². The summed E-state index contributed by atoms with van der Waals surface area (Å²) >= 11 is 12.4. The molecule has 0 saturated carbocycles. The molecule has 1 heterocycles. The van der Waals surface area contributed by atoms with E-state index in [0.29, 0.717) is 28.0 Å². The number of carbonyl (C=O) groups is 2. The number of carbonyl (C=O) groups excluding carboxylic acids is 2. The topological polar surface area (TPSA) is 77.5 Å². The molecule has 6 nitrogen and oxygen atoms in total. The molecule has 190 valence electrons. The Hall–Kier alpha value is -3.68. The zero-order valence-corrected chi connectivity index (χ0v) is 21.8. The number of fused-ring (bicyclic) bond motifs is 1. The molecule has 0 aliphatic rings. The maximum atomic E-state index is 14.2. The van der Waals surface area contributed by atoms with E-state index >= 15 is 0 Å². The van der Waals surface area contributed by atoms with E-state index in [1.807, 2.05) is 18.2 Å². The van der Waals surface area contributed by atoms with Crippen molar-refractivity contribution in [1.82, 2.24) is 10.3 Å². The highest BCUT2D eigenvalue weighted by molar-refractivity contribution is 6.39. The number of nitrogens with one attached hydrogen (secondary N) is 1. The molecule has 0 bridgehead atoms. The molecule has 1 aromatic heterocycles. The van der Waals surface area contributed by atoms with E-state index in [1.54, 1.807) is 31.3 Å². The number of amides is 1. The van der Waals surface area contributed by atoms with Crippen LogP contribution < -0.4 is 10.1 Å². The van der Waals surface area contributed by atoms with Crippen molar-refractivity contribution in [2.24, 2.45) is 0 Å². The standard InChI is InChI=1S/C28H23Cl2FN2O4/c1-15-12-19(24(36-2)14-22(15)31)17-10-9-16(26-18(17)6-5-11-32-26)13-23(28(35)37-3)33-27(34)25-20(29)7-4-8-21(25)30/h4-12,14,23H,13H2,1-3H3,(H,33,34)/t23-/m0/s1. The fraction of sp³-hybridized carbons (Fsp3) is 0.179. The number of rotatable bonds is 7. The van der Waals surface area contributed by atoms with E-state index in [4.69, 9.17) is 32.7 Å². The van der Waals surface area contributed by atoms with Gasteiger partial charge in [-0.2, -0.15) is 0 Å². The maximum Gasteiger partial charge on any atom is 0.328 e. The number of ether oxygens (including phenoxy) is 2. The molecule has 0 unspecified atom stereocenters. The summed E-state index contributed by atoms with van der Waals surface area (Å²) in [4.78, 5) is 30.2. The molecule has 1 amide bonds. The van der Waals surface area contributed by atoms with Gasteiger partial charge in [-0.15, -0.1) is 0 Å². The van der Waals surface area contributed by atoms with E-state index in [0.717, 1.165) is 10.9 Å². The van der Waals surface area contributed by atoms with Crippen LogP contribution in [-0.4, -0.2) is 37.1 Å². The lowest BCUT2D eigenvalue weighted by Crippen LogP contribution is -2.43. The molecule has 0 radical (unpaired) electrons. The van der Waals surface area contributed by atoms with Crippen molar-refractivity contribution in [2.45, 2.75) is 19.4 Å². The van der Waals surface area contributed by atoms with Crippen molar-refractivity contribution in [3.05, 3.63) is 93.3 Å². The fourth-order valence-corrected chi connectivity index (χ4v) is 4.74. The van der Waals surface area contributed by atoms with Gasteiger partial charge in [-0.3, -0.25) is 9.78 Å². The predicted octanol–water partition coefficient (Wildman–Crippen LogP) is 6.18. The molecule has 4 rings (SSSR count). The number of esters is 1. The van der Waals surface area contributed by atoms with Gasteiger partial charge < -0.3 is 14.8 Å². The minimum Gasteiger partial charge on any atom is -0.496 e. The van der Waals surface area contributed by atoms with Crippen LogP contribution in [0.25, 0.3) is 22.0 Å². The Kier molecular flexibility index (Phi) is 7.95. The summed E-state index contributed by atoms with van der Waals surface area (Å²) in [5.74, 6) is -1.22. The first-order valence-electron chi connectivity index (χ1n) is 11.3. The van der Waals surface area contributed by atoms with Gasteiger partial charge in [0, 0.05) is 29.6 Å². The molecule has 4 aromatic rings. The number of pyridine rings is 1. The summed E-state index contributed by atoms with van der Waals surface area (Å²) in [6.07, 6.45) is 1.73. The molecule has 0 aliphatic carbocycles. The molecule has 3 aromatic carbocycles. The number of aromatic nitrogens is 1. The molecule has 37 heavy (non-hydrogen) atoms. The normalized spacial score (nSPS) is 11.7. The van der Waals surface area contributed by atoms with Gasteiger partial charge in [-0.1, -0.05) is 47.5 Å². The smallest absolute Gasteiger partial charge is 0.328 e. The summed E-state index contributed by atoms with van der Waals surface area (Å²) in [7, 11) is 2.73. The molecule has 0 saturated heterocycles. The summed E-state index contributed by atoms with van der Waals surface area (Å²) < 4.78 is 24.6. The molecule has 0 spiro atoms. The number of methoxy groups -OCH3 is 2. The second kappa shape index (κ2) is 11.2. The highest BCUT2D eigenvalue weighted by Crippen LogP contribution is 2.37. The van der Waals surface area contributed by atoms with E-state index in [1.165, 1.54) is 32.4 Å². The second-order valence-electron chi connectivity index (χ2n) is 8.32. The van der Waals surface area contributed by atoms with Crippen molar-refractivity contribution in [3.63, 3.8) is 0 Å². The van der Waals surface area contributed by atoms with Crippen LogP contribution in [0.3, 0.4) is 0 Å². The highest BCUT2D eigenvalue weighted by Gasteiger charge is 2.26. The lowest BCUT2D eigenvalue weighted by atomic mass is 9.93. The van der Waals surface area contributed by atoms with Crippen LogP contribution in [0.1, 0.15) is 21.5 Å². The van der Waals surface area contributed by atoms with E-state index in [-0.39, 0.29) is 27.8 Å². The summed E-state index contributed by atoms with van der Waals surface area (Å²) in [5.41, 5.74) is 3.34. The Bertz CT molecular complexity index is 1490. The third-order valence-corrected chi connectivity index (χ3v) is 6.66. The third-order valence-electron chi connectivity index (χ3n) is 6.03. The average molecular weight is 541 g/mol. The van der Waals surface area contributed by atoms with Gasteiger partial charge in [-0.25, -0.2) is 9.18 Å². The molecule has 0 fully saturated rings. The van der Waals surface area contributed by atoms with Crippen molar-refractivity contribution in [2.75, 3.05) is 14.2 Å². The number of hydrogen-bond donors (Lipinski definition) is 1. The highest BCUT2D eigenvalue weighted by atomic mass is 35.5. The van der Waals surface area contributed by atoms with Crippen LogP contribution in [-0.2, 0) is 16.0 Å². The monoisotopic (exact) mass is 540 g/mol. The van der Waals surface area contributed by atoms with Crippen molar-refractivity contribution < 1.29 is 23.5 Å². The molecule has 0 aliphatic heterocycles. The molecular weight excluding hydrogens is 518 g/mol. The summed E-state index contributed by atoms with van der Waals surface area (Å²) in [6.45, 7) is 1.68. The summed E-state index contributed by atoms with van der Waals surface area (Å²) in [6, 6.07) is 14.1. The first-order valence-corrected chi connectivity index (χ1v) is 12.0. The number of halogens is 3. The van der Waals surface area contributed by atoms with Crippen molar-refractivity contribution in [3.8, 4) is 16.9 Å². The molecule has 1 atom stereocenters. The lowest BCUT2D eigenvalue weighted by molar-refractivity contribution is -0.142. The fourth-order valence-electron chi connectivity index (χ4n) is 4.17. The van der Waals surface area contributed by atoms with Crippen molar-refractivity contribution >= 4 is 46.0 Å². The van der Waals surface area contributed by atoms with Gasteiger partial charge in [0.15, 0.2) is 0 Å². The van der Waals surface area contributed by atoms with Crippen LogP contribution >= 0.6 is 23.2 Å². The Balaban J connectivity index is 1.75. The zero-order chi connectivity index (χ0) is 26.7.